The first-order valence-corrected chi connectivity index (χ1v) is 11.5. The molecule has 0 aliphatic heterocycles. The number of hydrogen-bond acceptors (Lipinski definition) is 4. The van der Waals surface area contributed by atoms with E-state index < -0.39 is 86.6 Å². The molecule has 41 heavy (non-hydrogen) atoms. The molecule has 0 amide bonds. The lowest BCUT2D eigenvalue weighted by atomic mass is 9.91. The van der Waals surface area contributed by atoms with E-state index in [1.54, 1.807) is 0 Å². The predicted octanol–water partition coefficient (Wildman–Crippen LogP) is 6.76. The summed E-state index contributed by atoms with van der Waals surface area (Å²) in [5.74, 6) is -54.3. The van der Waals surface area contributed by atoms with Gasteiger partial charge in [-0.05, 0) is 17.4 Å². The number of alkyl halides is 17. The van der Waals surface area contributed by atoms with Gasteiger partial charge in [-0.25, -0.2) is 13.2 Å². The molecule has 0 saturated heterocycles. The summed E-state index contributed by atoms with van der Waals surface area (Å²) in [6, 6.07) is 0. The van der Waals surface area contributed by atoms with Crippen molar-refractivity contribution < 1.29 is 97.1 Å². The van der Waals surface area contributed by atoms with Crippen molar-refractivity contribution in [2.45, 2.75) is 79.3 Å². The summed E-state index contributed by atoms with van der Waals surface area (Å²) in [5.41, 5.74) is 0. The summed E-state index contributed by atoms with van der Waals surface area (Å²) in [6.45, 7) is 1.89. The summed E-state index contributed by atoms with van der Waals surface area (Å²) in [7, 11) is -8.14. The van der Waals surface area contributed by atoms with Crippen LogP contribution in [-0.4, -0.2) is 78.5 Å². The Balaban J connectivity index is 6.83. The first kappa shape index (κ1) is 38.9. The highest BCUT2D eigenvalue weighted by molar-refractivity contribution is 7.90. The Morgan fingerprint density at radius 2 is 1.12 bits per heavy atom. The second-order valence-corrected chi connectivity index (χ2v) is 9.70. The van der Waals surface area contributed by atoms with Gasteiger partial charge in [0.15, 0.2) is 0 Å². The Morgan fingerprint density at radius 3 is 1.46 bits per heavy atom. The lowest BCUT2D eigenvalue weighted by Crippen LogP contribution is -2.75. The molecule has 0 heterocycles. The van der Waals surface area contributed by atoms with Crippen LogP contribution in [0.25, 0.3) is 0 Å². The molecule has 5 nitrogen and oxygen atoms in total. The van der Waals surface area contributed by atoms with Gasteiger partial charge in [-0.2, -0.15) is 74.6 Å². The lowest BCUT2D eigenvalue weighted by Gasteiger charge is -2.42. The zero-order chi connectivity index (χ0) is 33.5. The van der Waals surface area contributed by atoms with Crippen molar-refractivity contribution in [2.24, 2.45) is 0 Å². The minimum Gasteiger partial charge on any atom is -0.458 e. The van der Waals surface area contributed by atoms with E-state index in [9.17, 15) is 92.3 Å². The smallest absolute Gasteiger partial charge is 0.458 e. The summed E-state index contributed by atoms with van der Waals surface area (Å²) < 4.78 is 266. The molecule has 0 aromatic heterocycles. The molecule has 244 valence electrons. The number of carbonyl (C=O) groups is 1. The number of nitrogens with zero attached hydrogens (tertiary/aromatic N) is 1. The number of rotatable bonds is 15. The molecule has 0 aliphatic carbocycles. The normalized spacial score (nSPS) is 16.1. The molecule has 1 unspecified atom stereocenters. The summed E-state index contributed by atoms with van der Waals surface area (Å²) in [4.78, 5) is 11.2. The molecule has 0 aromatic carbocycles. The fraction of sp³-hybridized carbons (Fsp3) is 0.824. The van der Waals surface area contributed by atoms with Gasteiger partial charge in [0.05, 0.1) is 6.54 Å². The van der Waals surface area contributed by atoms with Crippen LogP contribution in [0, 0.1) is 0 Å². The molecule has 0 saturated carbocycles. The fourth-order valence-electron chi connectivity index (χ4n) is 2.53. The van der Waals surface area contributed by atoms with Crippen LogP contribution in [0.5, 0.6) is 0 Å². The van der Waals surface area contributed by atoms with Crippen molar-refractivity contribution in [3.05, 3.63) is 12.7 Å². The molecule has 0 fully saturated rings. The number of carbonyl (C=O) groups excluding carboxylic acids is 1. The van der Waals surface area contributed by atoms with Crippen molar-refractivity contribution in [1.29, 1.82) is 0 Å². The van der Waals surface area contributed by atoms with E-state index in [2.05, 4.69) is 11.3 Å². The number of sulfonamides is 1. The molecule has 24 heteroatoms. The maximum Gasteiger partial charge on any atom is 0.460 e. The van der Waals surface area contributed by atoms with Crippen LogP contribution in [0.4, 0.5) is 79.1 Å². The first-order chi connectivity index (χ1) is 17.8. The molecule has 0 aromatic rings. The third kappa shape index (κ3) is 6.03. The zero-order valence-corrected chi connectivity index (χ0v) is 20.3. The van der Waals surface area contributed by atoms with Crippen molar-refractivity contribution in [3.8, 4) is 0 Å². The predicted molar refractivity (Wildman–Crippen MR) is 97.0 cm³/mol. The van der Waals surface area contributed by atoms with Gasteiger partial charge in [0, 0.05) is 6.08 Å². The largest absolute Gasteiger partial charge is 0.460 e. The maximum atomic E-state index is 14.1. The Morgan fingerprint density at radius 1 is 0.756 bits per heavy atom. The molecule has 1 atom stereocenters. The standard InChI is InChI=1S/C17H15F18NO4S/c1-3-5-6-8(40-9(37)4-2)7-36(35)41(38,39)17(33,34)15(28,29)13(24,25)11(20,21)10(18,19)12(22,23)14(26,27)16(30,31)32/h4,8H,2-3,5-7H2,1H3. The molecule has 0 N–H and O–H groups in total. The summed E-state index contributed by atoms with van der Waals surface area (Å²) in [5, 5.41) is -8.06. The molecule has 0 bridgehead atoms. The monoisotopic (exact) mass is 671 g/mol. The molecule has 0 aliphatic rings. The van der Waals surface area contributed by atoms with Crippen molar-refractivity contribution >= 4 is 16.0 Å². The van der Waals surface area contributed by atoms with Crippen molar-refractivity contribution in [1.82, 2.24) is 4.53 Å². The van der Waals surface area contributed by atoms with Crippen LogP contribution in [0.1, 0.15) is 26.2 Å². The van der Waals surface area contributed by atoms with E-state index >= 15 is 0 Å². The third-order valence-electron chi connectivity index (χ3n) is 4.95. The van der Waals surface area contributed by atoms with Crippen molar-refractivity contribution in [3.63, 3.8) is 0 Å². The van der Waals surface area contributed by atoms with Gasteiger partial charge in [0.1, 0.15) is 6.10 Å². The number of esters is 1. The van der Waals surface area contributed by atoms with Gasteiger partial charge in [-0.1, -0.05) is 19.9 Å². The molecule has 0 rings (SSSR count). The van der Waals surface area contributed by atoms with Gasteiger partial charge in [0.25, 0.3) is 0 Å². The highest BCUT2D eigenvalue weighted by Gasteiger charge is 2.96. The molecular weight excluding hydrogens is 656 g/mol. The Kier molecular flexibility index (Phi) is 10.9. The van der Waals surface area contributed by atoms with Gasteiger partial charge in [-0.15, -0.1) is 4.48 Å². The van der Waals surface area contributed by atoms with E-state index in [1.807, 2.05) is 0 Å². The van der Waals surface area contributed by atoms with Crippen LogP contribution in [0.3, 0.4) is 0 Å². The van der Waals surface area contributed by atoms with Gasteiger partial charge in [0.2, 0.25) is 0 Å². The van der Waals surface area contributed by atoms with Crippen LogP contribution in [0.15, 0.2) is 12.7 Å². The van der Waals surface area contributed by atoms with E-state index in [-0.39, 0.29) is 12.8 Å². The highest BCUT2D eigenvalue weighted by Crippen LogP contribution is 2.64. The molecule has 0 radical (unpaired) electrons. The van der Waals surface area contributed by atoms with Gasteiger partial charge >= 0.3 is 63.0 Å². The minimum atomic E-state index is -9.04. The SMILES string of the molecule is C=CC(=O)OC(CCCC)CN(F)S(=O)(=O)C(F)(F)C(F)(F)C(F)(F)C(F)(F)C(F)(F)C(F)(F)C(F)(F)C(F)(F)F. The quantitative estimate of drug-likeness (QED) is 0.0837. The highest BCUT2D eigenvalue weighted by atomic mass is 32.2. The van der Waals surface area contributed by atoms with Crippen LogP contribution in [0.2, 0.25) is 0 Å². The van der Waals surface area contributed by atoms with Gasteiger partial charge in [-0.3, -0.25) is 0 Å². The number of ether oxygens (including phenoxy) is 1. The van der Waals surface area contributed by atoms with Crippen molar-refractivity contribution in [2.75, 3.05) is 6.54 Å². The van der Waals surface area contributed by atoms with Crippen LogP contribution < -0.4 is 0 Å². The average Bonchev–Trinajstić information content (AvgIpc) is 2.80. The number of hydrogen-bond donors (Lipinski definition) is 0. The minimum absolute atomic E-state index is 0.100. The summed E-state index contributed by atoms with van der Waals surface area (Å²) >= 11 is 0. The summed E-state index contributed by atoms with van der Waals surface area (Å²) in [6.07, 6.45) is -10.6. The maximum absolute atomic E-state index is 14.1. The second kappa shape index (κ2) is 11.5. The van der Waals surface area contributed by atoms with Crippen LogP contribution >= 0.6 is 0 Å². The number of halogens is 18. The first-order valence-electron chi connectivity index (χ1n) is 10.0. The van der Waals surface area contributed by atoms with E-state index in [1.165, 1.54) is 6.92 Å². The molecule has 0 spiro atoms. The average molecular weight is 671 g/mol. The fourth-order valence-corrected chi connectivity index (χ4v) is 3.59. The van der Waals surface area contributed by atoms with Gasteiger partial charge < -0.3 is 4.74 Å². The number of unbranched alkanes of at least 4 members (excludes halogenated alkanes) is 1. The van der Waals surface area contributed by atoms with Crippen LogP contribution in [-0.2, 0) is 19.6 Å². The topological polar surface area (TPSA) is 63.7 Å². The van der Waals surface area contributed by atoms with E-state index in [0.717, 1.165) is 0 Å². The Bertz CT molecular complexity index is 1060. The third-order valence-corrected chi connectivity index (χ3v) is 6.53. The zero-order valence-electron chi connectivity index (χ0n) is 19.5. The Labute approximate surface area is 217 Å². The second-order valence-electron chi connectivity index (χ2n) is 7.84. The molecular formula is C17H15F18NO4S. The van der Waals surface area contributed by atoms with E-state index in [0.29, 0.717) is 6.08 Å². The lowest BCUT2D eigenvalue weighted by molar-refractivity contribution is -0.458. The van der Waals surface area contributed by atoms with E-state index in [4.69, 9.17) is 0 Å². The Hall–Kier alpha value is -2.14.